The number of carbonyl (C=O) groups is 1. The summed E-state index contributed by atoms with van der Waals surface area (Å²) in [5, 5.41) is 2.64. The number of rotatable bonds is 4. The molecule has 1 atom stereocenters. The average molecular weight is 332 g/mol. The number of benzene rings is 1. The van der Waals surface area contributed by atoms with Gasteiger partial charge in [-0.05, 0) is 31.0 Å². The van der Waals surface area contributed by atoms with Gasteiger partial charge in [0.05, 0.1) is 5.92 Å². The van der Waals surface area contributed by atoms with Crippen molar-refractivity contribution in [2.24, 2.45) is 5.92 Å². The molecule has 3 rings (SSSR count). The molecule has 2 heterocycles. The lowest BCUT2D eigenvalue weighted by Gasteiger charge is -2.31. The first kappa shape index (κ1) is 16.3. The minimum absolute atomic E-state index is 0.120. The van der Waals surface area contributed by atoms with E-state index in [4.69, 9.17) is 0 Å². The molecule has 7 heteroatoms. The first-order valence-corrected chi connectivity index (χ1v) is 7.87. The van der Waals surface area contributed by atoms with E-state index in [9.17, 15) is 13.6 Å². The van der Waals surface area contributed by atoms with Gasteiger partial charge in [-0.3, -0.25) is 4.79 Å². The van der Waals surface area contributed by atoms with E-state index in [1.165, 1.54) is 18.2 Å². The van der Waals surface area contributed by atoms with E-state index in [0.717, 1.165) is 19.4 Å². The monoisotopic (exact) mass is 332 g/mol. The van der Waals surface area contributed by atoms with Crippen molar-refractivity contribution in [3.05, 3.63) is 53.9 Å². The lowest BCUT2D eigenvalue weighted by Crippen LogP contribution is -2.43. The summed E-state index contributed by atoms with van der Waals surface area (Å²) in [5.74, 6) is -1.18. The maximum absolute atomic E-state index is 13.6. The van der Waals surface area contributed by atoms with Gasteiger partial charge in [-0.2, -0.15) is 0 Å². The van der Waals surface area contributed by atoms with Gasteiger partial charge in [0.25, 0.3) is 0 Å². The Morgan fingerprint density at radius 1 is 1.21 bits per heavy atom. The van der Waals surface area contributed by atoms with Crippen LogP contribution in [0.1, 0.15) is 18.4 Å². The van der Waals surface area contributed by atoms with E-state index in [0.29, 0.717) is 12.5 Å². The SMILES string of the molecule is O=C(NCc1c(F)cccc1F)C1CCCN(c2ncccn2)C1. The molecule has 1 unspecified atom stereocenters. The Kier molecular flexibility index (Phi) is 4.98. The van der Waals surface area contributed by atoms with Crippen LogP contribution in [0.4, 0.5) is 14.7 Å². The molecule has 1 aromatic carbocycles. The molecule has 1 saturated heterocycles. The van der Waals surface area contributed by atoms with Gasteiger partial charge in [0.1, 0.15) is 11.6 Å². The number of amides is 1. The summed E-state index contributed by atoms with van der Waals surface area (Å²) in [6.07, 6.45) is 4.89. The van der Waals surface area contributed by atoms with Crippen LogP contribution in [0.3, 0.4) is 0 Å². The van der Waals surface area contributed by atoms with Crippen molar-refractivity contribution in [2.45, 2.75) is 19.4 Å². The van der Waals surface area contributed by atoms with Gasteiger partial charge in [0.15, 0.2) is 0 Å². The molecule has 0 radical (unpaired) electrons. The summed E-state index contributed by atoms with van der Waals surface area (Å²) in [7, 11) is 0. The van der Waals surface area contributed by atoms with E-state index in [-0.39, 0.29) is 23.9 Å². The Hall–Kier alpha value is -2.57. The van der Waals surface area contributed by atoms with Crippen LogP contribution in [-0.2, 0) is 11.3 Å². The number of aromatic nitrogens is 2. The predicted octanol–water partition coefficient (Wildman–Crippen LogP) is 2.29. The van der Waals surface area contributed by atoms with Crippen LogP contribution in [0.25, 0.3) is 0 Å². The van der Waals surface area contributed by atoms with Crippen LogP contribution >= 0.6 is 0 Å². The molecule has 1 aliphatic rings. The Bertz CT molecular complexity index is 691. The Morgan fingerprint density at radius 2 is 1.92 bits per heavy atom. The van der Waals surface area contributed by atoms with Crippen LogP contribution in [0.5, 0.6) is 0 Å². The number of piperidine rings is 1. The first-order valence-electron chi connectivity index (χ1n) is 7.87. The third-order valence-electron chi connectivity index (χ3n) is 4.13. The van der Waals surface area contributed by atoms with Crippen LogP contribution in [0, 0.1) is 17.6 Å². The van der Waals surface area contributed by atoms with Crippen molar-refractivity contribution >= 4 is 11.9 Å². The number of nitrogens with one attached hydrogen (secondary N) is 1. The molecule has 0 saturated carbocycles. The highest BCUT2D eigenvalue weighted by Crippen LogP contribution is 2.20. The molecule has 0 aliphatic carbocycles. The first-order chi connectivity index (χ1) is 11.6. The smallest absolute Gasteiger partial charge is 0.225 e. The lowest BCUT2D eigenvalue weighted by molar-refractivity contribution is -0.125. The largest absolute Gasteiger partial charge is 0.352 e. The van der Waals surface area contributed by atoms with Crippen molar-refractivity contribution < 1.29 is 13.6 Å². The molecule has 2 aromatic rings. The fraction of sp³-hybridized carbons (Fsp3) is 0.353. The summed E-state index contributed by atoms with van der Waals surface area (Å²) in [6.45, 7) is 1.13. The van der Waals surface area contributed by atoms with E-state index in [1.807, 2.05) is 4.90 Å². The molecule has 1 N–H and O–H groups in total. The average Bonchev–Trinajstić information content (AvgIpc) is 2.62. The number of nitrogens with zero attached hydrogens (tertiary/aromatic N) is 3. The lowest BCUT2D eigenvalue weighted by atomic mass is 9.97. The third kappa shape index (κ3) is 3.67. The molecular weight excluding hydrogens is 314 g/mol. The summed E-state index contributed by atoms with van der Waals surface area (Å²) in [4.78, 5) is 22.7. The van der Waals surface area contributed by atoms with Gasteiger partial charge < -0.3 is 10.2 Å². The minimum atomic E-state index is -0.654. The fourth-order valence-corrected chi connectivity index (χ4v) is 2.85. The molecule has 5 nitrogen and oxygen atoms in total. The second kappa shape index (κ2) is 7.33. The van der Waals surface area contributed by atoms with Gasteiger partial charge >= 0.3 is 0 Å². The van der Waals surface area contributed by atoms with E-state index < -0.39 is 11.6 Å². The van der Waals surface area contributed by atoms with Gasteiger partial charge in [-0.1, -0.05) is 6.07 Å². The van der Waals surface area contributed by atoms with Crippen molar-refractivity contribution in [2.75, 3.05) is 18.0 Å². The molecule has 24 heavy (non-hydrogen) atoms. The molecule has 1 aromatic heterocycles. The summed E-state index contributed by atoms with van der Waals surface area (Å²) < 4.78 is 27.2. The number of hydrogen-bond acceptors (Lipinski definition) is 4. The Balaban J connectivity index is 1.61. The topological polar surface area (TPSA) is 58.1 Å². The van der Waals surface area contributed by atoms with Gasteiger partial charge in [0, 0.05) is 37.6 Å². The normalized spacial score (nSPS) is 17.6. The molecule has 1 aliphatic heterocycles. The standard InChI is InChI=1S/C17H18F2N4O/c18-14-5-1-6-15(19)13(14)10-22-16(24)12-4-2-9-23(11-12)17-20-7-3-8-21-17/h1,3,5-8,12H,2,4,9-11H2,(H,22,24). The van der Waals surface area contributed by atoms with Crippen LogP contribution < -0.4 is 10.2 Å². The van der Waals surface area contributed by atoms with Gasteiger partial charge in [-0.15, -0.1) is 0 Å². The Morgan fingerprint density at radius 3 is 2.62 bits per heavy atom. The van der Waals surface area contributed by atoms with Crippen molar-refractivity contribution in [3.63, 3.8) is 0 Å². The van der Waals surface area contributed by atoms with E-state index in [2.05, 4.69) is 15.3 Å². The van der Waals surface area contributed by atoms with Crippen molar-refractivity contribution in [1.29, 1.82) is 0 Å². The Labute approximate surface area is 138 Å². The molecular formula is C17H18F2N4O. The molecule has 0 bridgehead atoms. The summed E-state index contributed by atoms with van der Waals surface area (Å²) >= 11 is 0. The summed E-state index contributed by atoms with van der Waals surface area (Å²) in [6, 6.07) is 5.40. The minimum Gasteiger partial charge on any atom is -0.352 e. The fourth-order valence-electron chi connectivity index (χ4n) is 2.85. The number of hydrogen-bond donors (Lipinski definition) is 1. The molecule has 0 spiro atoms. The van der Waals surface area contributed by atoms with Crippen LogP contribution in [0.15, 0.2) is 36.7 Å². The quantitative estimate of drug-likeness (QED) is 0.933. The van der Waals surface area contributed by atoms with E-state index in [1.54, 1.807) is 18.5 Å². The van der Waals surface area contributed by atoms with Crippen molar-refractivity contribution in [3.8, 4) is 0 Å². The highest BCUT2D eigenvalue weighted by atomic mass is 19.1. The summed E-state index contributed by atoms with van der Waals surface area (Å²) in [5.41, 5.74) is -0.120. The zero-order chi connectivity index (χ0) is 16.9. The van der Waals surface area contributed by atoms with E-state index >= 15 is 0 Å². The number of carbonyl (C=O) groups excluding carboxylic acids is 1. The highest BCUT2D eigenvalue weighted by Gasteiger charge is 2.27. The van der Waals surface area contributed by atoms with Gasteiger partial charge in [0.2, 0.25) is 11.9 Å². The van der Waals surface area contributed by atoms with Crippen LogP contribution in [-0.4, -0.2) is 29.0 Å². The maximum atomic E-state index is 13.6. The number of halogens is 2. The van der Waals surface area contributed by atoms with Crippen LogP contribution in [0.2, 0.25) is 0 Å². The predicted molar refractivity (Wildman–Crippen MR) is 85.2 cm³/mol. The molecule has 1 fully saturated rings. The second-order valence-electron chi connectivity index (χ2n) is 5.75. The molecule has 1 amide bonds. The number of anilines is 1. The maximum Gasteiger partial charge on any atom is 0.225 e. The highest BCUT2D eigenvalue weighted by molar-refractivity contribution is 5.79. The zero-order valence-corrected chi connectivity index (χ0v) is 13.1. The molecule has 126 valence electrons. The van der Waals surface area contributed by atoms with Gasteiger partial charge in [-0.25, -0.2) is 18.7 Å². The zero-order valence-electron chi connectivity index (χ0n) is 13.1. The second-order valence-corrected chi connectivity index (χ2v) is 5.75. The third-order valence-corrected chi connectivity index (χ3v) is 4.13. The van der Waals surface area contributed by atoms with Crippen molar-refractivity contribution in [1.82, 2.24) is 15.3 Å².